The Morgan fingerprint density at radius 3 is 2.64 bits per heavy atom. The Labute approximate surface area is 244 Å². The maximum atomic E-state index is 13.8. The minimum atomic E-state index is -0.610. The number of carbonyl (C=O) groups excluding carboxylic acids is 1. The van der Waals surface area contributed by atoms with E-state index in [1.54, 1.807) is 11.2 Å². The van der Waals surface area contributed by atoms with Crippen LogP contribution in [0.5, 0.6) is 0 Å². The monoisotopic (exact) mass is 559 g/mol. The van der Waals surface area contributed by atoms with Crippen LogP contribution in [0.3, 0.4) is 0 Å². The molecule has 4 aromatic rings. The molecule has 9 nitrogen and oxygen atoms in total. The molecule has 7 rings (SSSR count). The number of pyridine rings is 1. The zero-order valence-corrected chi connectivity index (χ0v) is 23.7. The van der Waals surface area contributed by atoms with Crippen molar-refractivity contribution < 1.29 is 9.90 Å². The summed E-state index contributed by atoms with van der Waals surface area (Å²) in [6.07, 6.45) is 7.64. The van der Waals surface area contributed by atoms with E-state index >= 15 is 0 Å². The maximum absolute atomic E-state index is 13.8. The molecular formula is C33H33N7O2. The number of nitriles is 1. The summed E-state index contributed by atoms with van der Waals surface area (Å²) in [5, 5.41) is 32.0. The number of benzene rings is 2. The van der Waals surface area contributed by atoms with Crippen molar-refractivity contribution in [3.05, 3.63) is 82.8 Å². The van der Waals surface area contributed by atoms with Gasteiger partial charge >= 0.3 is 0 Å². The predicted molar refractivity (Wildman–Crippen MR) is 158 cm³/mol. The van der Waals surface area contributed by atoms with Gasteiger partial charge in [-0.1, -0.05) is 31.0 Å². The number of aryl methyl sites for hydroxylation is 1. The van der Waals surface area contributed by atoms with Crippen LogP contribution in [-0.2, 0) is 20.1 Å². The zero-order valence-electron chi connectivity index (χ0n) is 23.7. The van der Waals surface area contributed by atoms with Gasteiger partial charge in [0.1, 0.15) is 12.1 Å². The number of fused-ring (bicyclic) bond motifs is 1. The minimum absolute atomic E-state index is 0.0546. The number of amides is 1. The summed E-state index contributed by atoms with van der Waals surface area (Å²) >= 11 is 0. The fourth-order valence-electron chi connectivity index (χ4n) is 6.29. The fourth-order valence-corrected chi connectivity index (χ4v) is 6.29. The molecule has 0 radical (unpaired) electrons. The summed E-state index contributed by atoms with van der Waals surface area (Å²) in [4.78, 5) is 20.5. The van der Waals surface area contributed by atoms with Crippen molar-refractivity contribution in [2.45, 2.75) is 63.1 Å². The SMILES string of the molecule is Cn1cnnc1-c1cc(C#N)ccc1-c1cc(C2CC2)nc(N2Cc3ccc(CNCC4(O)CCCC4)cc3C2=O)c1. The van der Waals surface area contributed by atoms with E-state index in [1.807, 2.05) is 48.0 Å². The molecule has 3 aliphatic rings. The number of anilines is 1. The maximum Gasteiger partial charge on any atom is 0.260 e. The number of rotatable bonds is 8. The van der Waals surface area contributed by atoms with E-state index in [0.717, 1.165) is 72.0 Å². The van der Waals surface area contributed by atoms with Gasteiger partial charge in [-0.25, -0.2) is 4.98 Å². The summed E-state index contributed by atoms with van der Waals surface area (Å²) in [6.45, 7) is 1.63. The Morgan fingerprint density at radius 1 is 1.07 bits per heavy atom. The number of aliphatic hydroxyl groups is 1. The number of nitrogens with one attached hydrogen (secondary N) is 1. The molecule has 0 spiro atoms. The molecule has 0 saturated heterocycles. The first-order valence-corrected chi connectivity index (χ1v) is 14.7. The van der Waals surface area contributed by atoms with Crippen molar-refractivity contribution in [1.82, 2.24) is 25.1 Å². The van der Waals surface area contributed by atoms with Gasteiger partial charge < -0.3 is 15.0 Å². The lowest BCUT2D eigenvalue weighted by molar-refractivity contribution is 0.0474. The van der Waals surface area contributed by atoms with Crippen molar-refractivity contribution in [3.8, 4) is 28.6 Å². The zero-order chi connectivity index (χ0) is 28.8. The molecule has 1 aliphatic heterocycles. The van der Waals surface area contributed by atoms with Crippen LogP contribution in [0.1, 0.15) is 77.2 Å². The van der Waals surface area contributed by atoms with Gasteiger partial charge in [-0.2, -0.15) is 5.26 Å². The van der Waals surface area contributed by atoms with Crippen molar-refractivity contribution in [3.63, 3.8) is 0 Å². The lowest BCUT2D eigenvalue weighted by Gasteiger charge is -2.22. The topological polar surface area (TPSA) is 120 Å². The second kappa shape index (κ2) is 10.5. The summed E-state index contributed by atoms with van der Waals surface area (Å²) in [6, 6.07) is 18.0. The highest BCUT2D eigenvalue weighted by molar-refractivity contribution is 6.10. The predicted octanol–water partition coefficient (Wildman–Crippen LogP) is 4.85. The van der Waals surface area contributed by atoms with Gasteiger partial charge in [0.2, 0.25) is 0 Å². The summed E-state index contributed by atoms with van der Waals surface area (Å²) in [5.74, 6) is 1.63. The van der Waals surface area contributed by atoms with E-state index in [0.29, 0.717) is 48.3 Å². The highest BCUT2D eigenvalue weighted by atomic mass is 16.3. The van der Waals surface area contributed by atoms with E-state index in [1.165, 1.54) is 0 Å². The molecule has 2 fully saturated rings. The lowest BCUT2D eigenvalue weighted by atomic mass is 9.96. The van der Waals surface area contributed by atoms with Crippen molar-refractivity contribution in [2.75, 3.05) is 11.4 Å². The molecular weight excluding hydrogens is 526 g/mol. The molecule has 1 amide bonds. The number of aromatic nitrogens is 4. The molecule has 9 heteroatoms. The average Bonchev–Trinajstić information content (AvgIpc) is 3.50. The quantitative estimate of drug-likeness (QED) is 0.317. The van der Waals surface area contributed by atoms with Crippen LogP contribution in [0.25, 0.3) is 22.5 Å². The molecule has 42 heavy (non-hydrogen) atoms. The van der Waals surface area contributed by atoms with Gasteiger partial charge in [0.25, 0.3) is 5.91 Å². The molecule has 2 N–H and O–H groups in total. The van der Waals surface area contributed by atoms with Crippen LogP contribution in [0.15, 0.2) is 54.9 Å². The van der Waals surface area contributed by atoms with E-state index < -0.39 is 5.60 Å². The number of carbonyl (C=O) groups is 1. The van der Waals surface area contributed by atoms with Crippen molar-refractivity contribution >= 4 is 11.7 Å². The molecule has 212 valence electrons. The minimum Gasteiger partial charge on any atom is -0.389 e. The summed E-state index contributed by atoms with van der Waals surface area (Å²) in [7, 11) is 1.88. The Hall–Kier alpha value is -4.39. The summed E-state index contributed by atoms with van der Waals surface area (Å²) in [5.41, 5.74) is 6.28. The van der Waals surface area contributed by atoms with Crippen LogP contribution >= 0.6 is 0 Å². The van der Waals surface area contributed by atoms with Crippen LogP contribution in [0, 0.1) is 11.3 Å². The first kappa shape index (κ1) is 26.5. The third kappa shape index (κ3) is 4.97. The molecule has 0 bridgehead atoms. The highest BCUT2D eigenvalue weighted by Gasteiger charge is 2.33. The van der Waals surface area contributed by atoms with E-state index in [2.05, 4.69) is 33.7 Å². The van der Waals surface area contributed by atoms with Gasteiger partial charge in [-0.05, 0) is 78.3 Å². The van der Waals surface area contributed by atoms with Crippen LogP contribution < -0.4 is 10.2 Å². The van der Waals surface area contributed by atoms with Gasteiger partial charge in [0, 0.05) is 42.9 Å². The molecule has 0 unspecified atom stereocenters. The number of hydrogen-bond donors (Lipinski definition) is 2. The molecule has 2 aromatic carbocycles. The average molecular weight is 560 g/mol. The van der Waals surface area contributed by atoms with Crippen molar-refractivity contribution in [1.29, 1.82) is 5.26 Å². The normalized spacial score (nSPS) is 17.5. The standard InChI is InChI=1S/C33H33N7O2/c1-39-20-36-38-31(39)28-12-21(16-34)5-9-26(28)25-14-29(23-7-8-23)37-30(15-25)40-18-24-6-4-22(13-27(24)32(40)41)17-35-19-33(42)10-2-3-11-33/h4-6,9,12-15,20,23,35,42H,2-3,7-8,10-11,17-19H2,1H3. The largest absolute Gasteiger partial charge is 0.389 e. The smallest absolute Gasteiger partial charge is 0.260 e. The fraction of sp³-hybridized carbons (Fsp3) is 0.364. The third-order valence-electron chi connectivity index (χ3n) is 8.81. The van der Waals surface area contributed by atoms with Gasteiger partial charge in [-0.3, -0.25) is 9.69 Å². The van der Waals surface area contributed by atoms with E-state index in [9.17, 15) is 15.2 Å². The number of hydrogen-bond acceptors (Lipinski definition) is 7. The first-order valence-electron chi connectivity index (χ1n) is 14.7. The molecule has 0 atom stereocenters. The third-order valence-corrected chi connectivity index (χ3v) is 8.81. The second-order valence-corrected chi connectivity index (χ2v) is 12.0. The Bertz CT molecular complexity index is 1730. The van der Waals surface area contributed by atoms with E-state index in [-0.39, 0.29) is 5.91 Å². The van der Waals surface area contributed by atoms with Crippen LogP contribution in [0.2, 0.25) is 0 Å². The second-order valence-electron chi connectivity index (χ2n) is 12.0. The van der Waals surface area contributed by atoms with Gasteiger partial charge in [0.15, 0.2) is 5.82 Å². The van der Waals surface area contributed by atoms with E-state index in [4.69, 9.17) is 4.98 Å². The Balaban J connectivity index is 1.20. The first-order chi connectivity index (χ1) is 20.4. The van der Waals surface area contributed by atoms with Crippen molar-refractivity contribution in [2.24, 2.45) is 7.05 Å². The van der Waals surface area contributed by atoms with Crippen LogP contribution in [-0.4, -0.2) is 42.9 Å². The Morgan fingerprint density at radius 2 is 1.90 bits per heavy atom. The lowest BCUT2D eigenvalue weighted by Crippen LogP contribution is -2.37. The molecule has 2 aliphatic carbocycles. The highest BCUT2D eigenvalue weighted by Crippen LogP contribution is 2.43. The van der Waals surface area contributed by atoms with Gasteiger partial charge in [0.05, 0.1) is 23.8 Å². The Kier molecular flexibility index (Phi) is 6.60. The molecule has 3 heterocycles. The molecule has 2 saturated carbocycles. The van der Waals surface area contributed by atoms with Gasteiger partial charge in [-0.15, -0.1) is 10.2 Å². The van der Waals surface area contributed by atoms with Crippen LogP contribution in [0.4, 0.5) is 5.82 Å². The summed E-state index contributed by atoms with van der Waals surface area (Å²) < 4.78 is 1.84. The molecule has 2 aromatic heterocycles. The number of nitrogens with zero attached hydrogens (tertiary/aromatic N) is 6.